The Morgan fingerprint density at radius 2 is 1.54 bits per heavy atom. The molecule has 1 N–H and O–H groups in total. The normalized spacial score (nSPS) is 13.1. The molecule has 24 heavy (non-hydrogen) atoms. The Bertz CT molecular complexity index is 667. The third-order valence-electron chi connectivity index (χ3n) is 3.26. The highest BCUT2D eigenvalue weighted by Gasteiger charge is 2.36. The van der Waals surface area contributed by atoms with Crippen molar-refractivity contribution in [3.05, 3.63) is 71.8 Å². The molecule has 1 unspecified atom stereocenters. The van der Waals surface area contributed by atoms with E-state index in [1.807, 2.05) is 60.7 Å². The van der Waals surface area contributed by atoms with Gasteiger partial charge in [0.15, 0.2) is 5.78 Å². The molecule has 6 heteroatoms. The standard InChI is InChI=1S/C18H23N2O3P/c1-3-22-24(21,23-4-2)18(17-13-9-6-10-14-17)20-19-15-16-11-7-5-8-12-16/h5-15,18,20H,3-4H2,1-2H3. The summed E-state index contributed by atoms with van der Waals surface area (Å²) in [5, 5.41) is 4.24. The van der Waals surface area contributed by atoms with Crippen LogP contribution < -0.4 is 5.43 Å². The zero-order chi connectivity index (χ0) is 17.3. The summed E-state index contributed by atoms with van der Waals surface area (Å²) in [7, 11) is -3.40. The van der Waals surface area contributed by atoms with Crippen LogP contribution in [-0.2, 0) is 13.6 Å². The van der Waals surface area contributed by atoms with E-state index in [9.17, 15) is 4.57 Å². The molecule has 0 bridgehead atoms. The van der Waals surface area contributed by atoms with Gasteiger partial charge in [-0.3, -0.25) is 9.99 Å². The van der Waals surface area contributed by atoms with E-state index in [0.717, 1.165) is 11.1 Å². The minimum atomic E-state index is -3.40. The zero-order valence-corrected chi connectivity index (χ0v) is 14.9. The van der Waals surface area contributed by atoms with Crippen LogP contribution in [0.15, 0.2) is 65.8 Å². The van der Waals surface area contributed by atoms with Crippen LogP contribution in [0.1, 0.15) is 30.8 Å². The van der Waals surface area contributed by atoms with Crippen molar-refractivity contribution < 1.29 is 13.6 Å². The monoisotopic (exact) mass is 346 g/mol. The second-order valence-corrected chi connectivity index (χ2v) is 7.10. The van der Waals surface area contributed by atoms with E-state index in [1.54, 1.807) is 20.1 Å². The van der Waals surface area contributed by atoms with Crippen molar-refractivity contribution in [3.63, 3.8) is 0 Å². The van der Waals surface area contributed by atoms with Gasteiger partial charge in [-0.25, -0.2) is 0 Å². The lowest BCUT2D eigenvalue weighted by atomic mass is 10.2. The molecule has 0 amide bonds. The van der Waals surface area contributed by atoms with Gasteiger partial charge in [-0.2, -0.15) is 5.10 Å². The number of hydrogen-bond acceptors (Lipinski definition) is 5. The largest absolute Gasteiger partial charge is 0.358 e. The summed E-state index contributed by atoms with van der Waals surface area (Å²) < 4.78 is 24.1. The summed E-state index contributed by atoms with van der Waals surface area (Å²) in [4.78, 5) is 0. The Kier molecular flexibility index (Phi) is 7.19. The average molecular weight is 346 g/mol. The molecule has 2 aromatic carbocycles. The van der Waals surface area contributed by atoms with Crippen LogP contribution in [0.2, 0.25) is 0 Å². The maximum absolute atomic E-state index is 13.2. The Labute approximate surface area is 143 Å². The number of hydrazone groups is 1. The second kappa shape index (κ2) is 9.38. The molecule has 0 fully saturated rings. The minimum Gasteiger partial charge on any atom is -0.307 e. The molecule has 128 valence electrons. The first-order valence-corrected chi connectivity index (χ1v) is 9.58. The summed E-state index contributed by atoms with van der Waals surface area (Å²) in [5.41, 5.74) is 4.69. The molecule has 0 saturated heterocycles. The quantitative estimate of drug-likeness (QED) is 0.410. The molecule has 0 aliphatic carbocycles. The second-order valence-electron chi connectivity index (χ2n) is 4.99. The van der Waals surface area contributed by atoms with Gasteiger partial charge in [0.05, 0.1) is 19.4 Å². The van der Waals surface area contributed by atoms with Gasteiger partial charge in [0.1, 0.15) is 0 Å². The molecule has 1 atom stereocenters. The number of nitrogens with one attached hydrogen (secondary N) is 1. The fourth-order valence-corrected chi connectivity index (χ4v) is 4.07. The third kappa shape index (κ3) is 5.03. The molecule has 0 saturated carbocycles. The van der Waals surface area contributed by atoms with E-state index in [1.165, 1.54) is 0 Å². The summed E-state index contributed by atoms with van der Waals surface area (Å²) in [6.07, 6.45) is 1.68. The van der Waals surface area contributed by atoms with Crippen LogP contribution in [0.5, 0.6) is 0 Å². The van der Waals surface area contributed by atoms with Gasteiger partial charge in [-0.1, -0.05) is 60.7 Å². The van der Waals surface area contributed by atoms with Crippen LogP contribution in [0.3, 0.4) is 0 Å². The van der Waals surface area contributed by atoms with E-state index in [4.69, 9.17) is 9.05 Å². The van der Waals surface area contributed by atoms with Gasteiger partial charge in [0, 0.05) is 0 Å². The lowest BCUT2D eigenvalue weighted by Crippen LogP contribution is -2.19. The van der Waals surface area contributed by atoms with E-state index in [0.29, 0.717) is 13.2 Å². The molecule has 0 aliphatic heterocycles. The first kappa shape index (κ1) is 18.4. The van der Waals surface area contributed by atoms with Gasteiger partial charge >= 0.3 is 7.60 Å². The Balaban J connectivity index is 2.26. The summed E-state index contributed by atoms with van der Waals surface area (Å²) in [6, 6.07) is 19.1. The van der Waals surface area contributed by atoms with Crippen LogP contribution >= 0.6 is 7.60 Å². The molecule has 0 heterocycles. The molecule has 2 aromatic rings. The molecule has 0 aromatic heterocycles. The Hall–Kier alpha value is -1.94. The third-order valence-corrected chi connectivity index (χ3v) is 5.54. The highest BCUT2D eigenvalue weighted by molar-refractivity contribution is 7.54. The van der Waals surface area contributed by atoms with Crippen molar-refractivity contribution in [3.8, 4) is 0 Å². The SMILES string of the molecule is CCOP(=O)(OCC)C(NN=Cc1ccccc1)c1ccccc1. The average Bonchev–Trinajstić information content (AvgIpc) is 2.61. The first-order chi connectivity index (χ1) is 11.7. The summed E-state index contributed by atoms with van der Waals surface area (Å²) in [6.45, 7) is 4.18. The molecule has 2 rings (SSSR count). The van der Waals surface area contributed by atoms with Crippen molar-refractivity contribution >= 4 is 13.8 Å². The summed E-state index contributed by atoms with van der Waals surface area (Å²) >= 11 is 0. The lowest BCUT2D eigenvalue weighted by Gasteiger charge is -2.26. The molecule has 5 nitrogen and oxygen atoms in total. The van der Waals surface area contributed by atoms with Gasteiger partial charge < -0.3 is 9.05 Å². The Morgan fingerprint density at radius 3 is 2.08 bits per heavy atom. The molecule has 0 aliphatic rings. The fourth-order valence-electron chi connectivity index (χ4n) is 2.23. The predicted octanol–water partition coefficient (Wildman–Crippen LogP) is 4.58. The number of rotatable bonds is 9. The van der Waals surface area contributed by atoms with Crippen molar-refractivity contribution in [2.75, 3.05) is 13.2 Å². The molecular weight excluding hydrogens is 323 g/mol. The minimum absolute atomic E-state index is 0.296. The highest BCUT2D eigenvalue weighted by atomic mass is 31.2. The number of nitrogens with zero attached hydrogens (tertiary/aromatic N) is 1. The van der Waals surface area contributed by atoms with Gasteiger partial charge in [-0.05, 0) is 25.0 Å². The zero-order valence-electron chi connectivity index (χ0n) is 14.0. The van der Waals surface area contributed by atoms with E-state index in [2.05, 4.69) is 10.5 Å². The fraction of sp³-hybridized carbons (Fsp3) is 0.278. The van der Waals surface area contributed by atoms with Gasteiger partial charge in [0.2, 0.25) is 0 Å². The van der Waals surface area contributed by atoms with Crippen molar-refractivity contribution in [2.24, 2.45) is 5.10 Å². The molecule has 0 radical (unpaired) electrons. The van der Waals surface area contributed by atoms with Crippen LogP contribution in [0, 0.1) is 0 Å². The van der Waals surface area contributed by atoms with Crippen molar-refractivity contribution in [2.45, 2.75) is 19.6 Å². The van der Waals surface area contributed by atoms with Crippen LogP contribution in [0.25, 0.3) is 0 Å². The highest BCUT2D eigenvalue weighted by Crippen LogP contribution is 2.59. The maximum atomic E-state index is 13.2. The van der Waals surface area contributed by atoms with E-state index >= 15 is 0 Å². The van der Waals surface area contributed by atoms with Crippen LogP contribution in [-0.4, -0.2) is 19.4 Å². The molecular formula is C18H23N2O3P. The van der Waals surface area contributed by atoms with Crippen molar-refractivity contribution in [1.29, 1.82) is 0 Å². The predicted molar refractivity (Wildman–Crippen MR) is 97.2 cm³/mol. The van der Waals surface area contributed by atoms with E-state index < -0.39 is 13.4 Å². The van der Waals surface area contributed by atoms with Gasteiger partial charge in [-0.15, -0.1) is 0 Å². The van der Waals surface area contributed by atoms with Gasteiger partial charge in [0.25, 0.3) is 0 Å². The lowest BCUT2D eigenvalue weighted by molar-refractivity contribution is 0.208. The maximum Gasteiger partial charge on any atom is 0.358 e. The molecule has 0 spiro atoms. The number of benzene rings is 2. The topological polar surface area (TPSA) is 59.9 Å². The smallest absolute Gasteiger partial charge is 0.307 e. The summed E-state index contributed by atoms with van der Waals surface area (Å²) in [5.74, 6) is -0.668. The number of hydrogen-bond donors (Lipinski definition) is 1. The van der Waals surface area contributed by atoms with Crippen molar-refractivity contribution in [1.82, 2.24) is 5.43 Å². The first-order valence-electron chi connectivity index (χ1n) is 7.97. The van der Waals surface area contributed by atoms with Crippen LogP contribution in [0.4, 0.5) is 0 Å². The Morgan fingerprint density at radius 1 is 1.00 bits per heavy atom. The van der Waals surface area contributed by atoms with E-state index in [-0.39, 0.29) is 0 Å².